The summed E-state index contributed by atoms with van der Waals surface area (Å²) in [5.41, 5.74) is 0.839. The van der Waals surface area contributed by atoms with Crippen LogP contribution >= 0.6 is 15.9 Å². The maximum atomic E-state index is 14.2. The smallest absolute Gasteiger partial charge is 0.161 e. The van der Waals surface area contributed by atoms with Gasteiger partial charge >= 0.3 is 0 Å². The molecule has 1 aliphatic carbocycles. The van der Waals surface area contributed by atoms with Gasteiger partial charge in [0.2, 0.25) is 0 Å². The zero-order valence-corrected chi connectivity index (χ0v) is 20.9. The standard InChI is InChI=1S/C26H34BrFN2O3/c1-32-25-15-19(6-8-24(25)33-18-20-5-7-21(27)16-23(20)28)22(17-30-13-11-29-12-14-30)26(31)9-3-2-4-10-26/h5-8,15-16,22,29,31H,2-4,9-14,17-18H2,1H3. The lowest BCUT2D eigenvalue weighted by Gasteiger charge is -2.42. The first-order valence-electron chi connectivity index (χ1n) is 11.9. The van der Waals surface area contributed by atoms with Gasteiger partial charge in [-0.05, 0) is 42.7 Å². The number of piperazine rings is 1. The predicted octanol–water partition coefficient (Wildman–Crippen LogP) is 4.86. The van der Waals surface area contributed by atoms with Crippen molar-refractivity contribution in [2.45, 2.75) is 50.2 Å². The van der Waals surface area contributed by atoms with Crippen molar-refractivity contribution in [3.05, 3.63) is 57.8 Å². The molecule has 180 valence electrons. The molecule has 0 radical (unpaired) electrons. The second-order valence-electron chi connectivity index (χ2n) is 9.20. The van der Waals surface area contributed by atoms with Gasteiger partial charge in [0.05, 0.1) is 12.7 Å². The van der Waals surface area contributed by atoms with E-state index in [1.165, 1.54) is 12.5 Å². The molecular weight excluding hydrogens is 487 g/mol. The van der Waals surface area contributed by atoms with E-state index < -0.39 is 5.60 Å². The zero-order valence-electron chi connectivity index (χ0n) is 19.3. The van der Waals surface area contributed by atoms with Gasteiger partial charge < -0.3 is 24.8 Å². The SMILES string of the molecule is COc1cc(C(CN2CCNCC2)C2(O)CCCCC2)ccc1OCc1ccc(Br)cc1F. The number of nitrogens with zero attached hydrogens (tertiary/aromatic N) is 1. The van der Waals surface area contributed by atoms with E-state index in [1.54, 1.807) is 19.2 Å². The summed E-state index contributed by atoms with van der Waals surface area (Å²) in [5.74, 6) is 0.869. The molecule has 0 amide bonds. The van der Waals surface area contributed by atoms with Crippen molar-refractivity contribution < 1.29 is 19.0 Å². The largest absolute Gasteiger partial charge is 0.493 e. The average molecular weight is 521 g/mol. The van der Waals surface area contributed by atoms with Crippen LogP contribution in [0.25, 0.3) is 0 Å². The maximum absolute atomic E-state index is 14.2. The molecule has 1 saturated heterocycles. The lowest BCUT2D eigenvalue weighted by atomic mass is 9.72. The highest BCUT2D eigenvalue weighted by molar-refractivity contribution is 9.10. The monoisotopic (exact) mass is 520 g/mol. The summed E-state index contributed by atoms with van der Waals surface area (Å²) in [5, 5.41) is 15.1. The molecule has 33 heavy (non-hydrogen) atoms. The van der Waals surface area contributed by atoms with Gasteiger partial charge in [-0.25, -0.2) is 4.39 Å². The molecule has 2 N–H and O–H groups in total. The highest BCUT2D eigenvalue weighted by atomic mass is 79.9. The number of ether oxygens (including phenoxy) is 2. The maximum Gasteiger partial charge on any atom is 0.161 e. The Kier molecular flexibility index (Phi) is 8.28. The Balaban J connectivity index is 1.56. The Morgan fingerprint density at radius 2 is 1.85 bits per heavy atom. The lowest BCUT2D eigenvalue weighted by Crippen LogP contribution is -2.49. The fraction of sp³-hybridized carbons (Fsp3) is 0.538. The van der Waals surface area contributed by atoms with Gasteiger partial charge in [-0.3, -0.25) is 0 Å². The van der Waals surface area contributed by atoms with Crippen LogP contribution in [-0.2, 0) is 6.61 Å². The molecule has 2 fully saturated rings. The highest BCUT2D eigenvalue weighted by Crippen LogP contribution is 2.42. The third-order valence-corrected chi connectivity index (χ3v) is 7.50. The van der Waals surface area contributed by atoms with E-state index in [9.17, 15) is 9.50 Å². The molecule has 1 atom stereocenters. The van der Waals surface area contributed by atoms with Crippen LogP contribution in [0.2, 0.25) is 0 Å². The van der Waals surface area contributed by atoms with E-state index in [-0.39, 0.29) is 18.3 Å². The normalized spacial score (nSPS) is 19.8. The first-order chi connectivity index (χ1) is 16.0. The molecule has 0 aromatic heterocycles. The number of hydrogen-bond donors (Lipinski definition) is 2. The van der Waals surface area contributed by atoms with Gasteiger partial charge in [0.25, 0.3) is 0 Å². The summed E-state index contributed by atoms with van der Waals surface area (Å²) in [6, 6.07) is 10.9. The summed E-state index contributed by atoms with van der Waals surface area (Å²) in [6.45, 7) is 4.88. The zero-order chi connectivity index (χ0) is 23.3. The minimum atomic E-state index is -0.711. The fourth-order valence-corrected chi connectivity index (χ4v) is 5.40. The Labute approximate surface area is 204 Å². The van der Waals surface area contributed by atoms with Crippen molar-refractivity contribution in [3.63, 3.8) is 0 Å². The Bertz CT molecular complexity index is 930. The van der Waals surface area contributed by atoms with Crippen LogP contribution in [0.5, 0.6) is 11.5 Å². The van der Waals surface area contributed by atoms with E-state index >= 15 is 0 Å². The first-order valence-corrected chi connectivity index (χ1v) is 12.7. The van der Waals surface area contributed by atoms with Gasteiger partial charge in [0.1, 0.15) is 12.4 Å². The molecule has 1 unspecified atom stereocenters. The molecule has 1 aliphatic heterocycles. The fourth-order valence-electron chi connectivity index (χ4n) is 5.06. The van der Waals surface area contributed by atoms with Crippen LogP contribution in [0.1, 0.15) is 49.1 Å². The van der Waals surface area contributed by atoms with Crippen LogP contribution in [0.4, 0.5) is 4.39 Å². The highest BCUT2D eigenvalue weighted by Gasteiger charge is 2.40. The predicted molar refractivity (Wildman–Crippen MR) is 132 cm³/mol. The lowest BCUT2D eigenvalue weighted by molar-refractivity contribution is -0.0317. The molecule has 4 rings (SSSR count). The summed E-state index contributed by atoms with van der Waals surface area (Å²) in [7, 11) is 1.62. The topological polar surface area (TPSA) is 54.0 Å². The quantitative estimate of drug-likeness (QED) is 0.520. The Morgan fingerprint density at radius 3 is 2.55 bits per heavy atom. The molecule has 1 saturated carbocycles. The number of hydrogen-bond acceptors (Lipinski definition) is 5. The molecular formula is C26H34BrFN2O3. The third kappa shape index (κ3) is 6.07. The number of benzene rings is 2. The number of aliphatic hydroxyl groups is 1. The third-order valence-electron chi connectivity index (χ3n) is 7.01. The van der Waals surface area contributed by atoms with Gasteiger partial charge in [-0.1, -0.05) is 47.3 Å². The number of nitrogens with one attached hydrogen (secondary N) is 1. The summed E-state index contributed by atoms with van der Waals surface area (Å²) >= 11 is 3.28. The van der Waals surface area contributed by atoms with Gasteiger partial charge in [-0.2, -0.15) is 0 Å². The van der Waals surface area contributed by atoms with Gasteiger partial charge in [0, 0.05) is 48.7 Å². The summed E-state index contributed by atoms with van der Waals surface area (Å²) in [4.78, 5) is 2.45. The number of halogens is 2. The summed E-state index contributed by atoms with van der Waals surface area (Å²) in [6.07, 6.45) is 4.96. The molecule has 1 heterocycles. The van der Waals surface area contributed by atoms with Crippen molar-refractivity contribution in [1.82, 2.24) is 10.2 Å². The van der Waals surface area contributed by atoms with Gasteiger partial charge in [-0.15, -0.1) is 0 Å². The molecule has 2 aromatic carbocycles. The van der Waals surface area contributed by atoms with E-state index in [0.717, 1.165) is 64.0 Å². The summed E-state index contributed by atoms with van der Waals surface area (Å²) < 4.78 is 26.5. The molecule has 0 bridgehead atoms. The minimum absolute atomic E-state index is 0.00256. The van der Waals surface area contributed by atoms with Crippen molar-refractivity contribution in [2.24, 2.45) is 0 Å². The molecule has 0 spiro atoms. The number of rotatable bonds is 8. The van der Waals surface area contributed by atoms with E-state index in [1.807, 2.05) is 18.2 Å². The molecule has 2 aromatic rings. The van der Waals surface area contributed by atoms with E-state index in [2.05, 4.69) is 26.1 Å². The molecule has 7 heteroatoms. The van der Waals surface area contributed by atoms with Crippen molar-refractivity contribution in [2.75, 3.05) is 39.8 Å². The van der Waals surface area contributed by atoms with Crippen LogP contribution < -0.4 is 14.8 Å². The van der Waals surface area contributed by atoms with Crippen molar-refractivity contribution in [1.29, 1.82) is 0 Å². The van der Waals surface area contributed by atoms with Crippen molar-refractivity contribution in [3.8, 4) is 11.5 Å². The molecule has 2 aliphatic rings. The first kappa shape index (κ1) is 24.5. The molecule has 5 nitrogen and oxygen atoms in total. The van der Waals surface area contributed by atoms with Crippen LogP contribution in [0.15, 0.2) is 40.9 Å². The second-order valence-corrected chi connectivity index (χ2v) is 10.1. The average Bonchev–Trinajstić information content (AvgIpc) is 2.83. The Morgan fingerprint density at radius 1 is 1.09 bits per heavy atom. The number of methoxy groups -OCH3 is 1. The van der Waals surface area contributed by atoms with Crippen LogP contribution in [-0.4, -0.2) is 55.4 Å². The van der Waals surface area contributed by atoms with Crippen molar-refractivity contribution >= 4 is 15.9 Å². The minimum Gasteiger partial charge on any atom is -0.493 e. The van der Waals surface area contributed by atoms with Crippen LogP contribution in [0.3, 0.4) is 0 Å². The van der Waals surface area contributed by atoms with Gasteiger partial charge in [0.15, 0.2) is 11.5 Å². The van der Waals surface area contributed by atoms with E-state index in [0.29, 0.717) is 21.5 Å². The van der Waals surface area contributed by atoms with Crippen LogP contribution in [0, 0.1) is 5.82 Å². The Hall–Kier alpha value is -1.67. The van der Waals surface area contributed by atoms with E-state index in [4.69, 9.17) is 9.47 Å². The second kappa shape index (κ2) is 11.2.